The maximum absolute atomic E-state index is 13.9. The molecule has 0 radical (unpaired) electrons. The molecule has 0 aliphatic carbocycles. The summed E-state index contributed by atoms with van der Waals surface area (Å²) >= 11 is 0. The molecule has 3 aromatic rings. The van der Waals surface area contributed by atoms with E-state index in [2.05, 4.69) is 5.32 Å². The largest absolute Gasteiger partial charge is 0.494 e. The van der Waals surface area contributed by atoms with Crippen molar-refractivity contribution in [1.82, 2.24) is 10.8 Å². The summed E-state index contributed by atoms with van der Waals surface area (Å²) in [5.41, 5.74) is 5.12. The molecule has 8 heteroatoms. The van der Waals surface area contributed by atoms with Gasteiger partial charge < -0.3 is 10.1 Å². The van der Waals surface area contributed by atoms with Crippen LogP contribution in [0.2, 0.25) is 0 Å². The Balaban J connectivity index is 1.62. The maximum Gasteiger partial charge on any atom is 0.247 e. The predicted molar refractivity (Wildman–Crippen MR) is 153 cm³/mol. The van der Waals surface area contributed by atoms with E-state index in [0.717, 1.165) is 23.1 Å². The van der Waals surface area contributed by atoms with Crippen LogP contribution in [0.4, 0.5) is 4.39 Å². The van der Waals surface area contributed by atoms with Gasteiger partial charge >= 0.3 is 0 Å². The Kier molecular flexibility index (Phi) is 10.6. The molecule has 0 aromatic heterocycles. The minimum Gasteiger partial charge on any atom is -0.494 e. The average molecular weight is 561 g/mol. The number of hydrogen-bond donors (Lipinski definition) is 3. The van der Waals surface area contributed by atoms with E-state index in [0.29, 0.717) is 44.5 Å². The smallest absolute Gasteiger partial charge is 0.247 e. The number of rotatable bonds is 7. The third kappa shape index (κ3) is 8.47. The Hall–Kier alpha value is -4.04. The van der Waals surface area contributed by atoms with Crippen LogP contribution in [0.3, 0.4) is 0 Å². The summed E-state index contributed by atoms with van der Waals surface area (Å²) in [5, 5.41) is 12.5. The molecule has 0 saturated heterocycles. The van der Waals surface area contributed by atoms with Crippen molar-refractivity contribution in [2.24, 2.45) is 11.8 Å². The summed E-state index contributed by atoms with van der Waals surface area (Å²) in [5.74, 6) is -2.75. The quantitative estimate of drug-likeness (QED) is 0.205. The zero-order valence-corrected chi connectivity index (χ0v) is 23.3. The monoisotopic (exact) mass is 560 g/mol. The van der Waals surface area contributed by atoms with E-state index < -0.39 is 35.5 Å². The first-order valence-corrected chi connectivity index (χ1v) is 14.2. The van der Waals surface area contributed by atoms with Crippen molar-refractivity contribution in [3.8, 4) is 5.75 Å². The van der Waals surface area contributed by atoms with E-state index in [-0.39, 0.29) is 17.8 Å². The van der Waals surface area contributed by atoms with Crippen LogP contribution in [0.5, 0.6) is 5.75 Å². The minimum atomic E-state index is -0.942. The second-order valence-electron chi connectivity index (χ2n) is 10.7. The third-order valence-electron chi connectivity index (χ3n) is 7.67. The van der Waals surface area contributed by atoms with Gasteiger partial charge in [0.15, 0.2) is 5.78 Å². The zero-order chi connectivity index (χ0) is 29.2. The van der Waals surface area contributed by atoms with Crippen LogP contribution in [-0.4, -0.2) is 35.5 Å². The van der Waals surface area contributed by atoms with Gasteiger partial charge in [-0.3, -0.25) is 19.6 Å². The predicted octanol–water partition coefficient (Wildman–Crippen LogP) is 5.37. The van der Waals surface area contributed by atoms with Crippen molar-refractivity contribution in [3.63, 3.8) is 0 Å². The molecule has 41 heavy (non-hydrogen) atoms. The number of fused-ring (bicyclic) bond motifs is 12. The number of hydrogen-bond acceptors (Lipinski definition) is 5. The minimum absolute atomic E-state index is 0.204. The molecule has 3 aromatic carbocycles. The maximum atomic E-state index is 13.9. The lowest BCUT2D eigenvalue weighted by Crippen LogP contribution is -2.48. The molecule has 216 valence electrons. The van der Waals surface area contributed by atoms with Gasteiger partial charge in [-0.25, -0.2) is 9.87 Å². The highest BCUT2D eigenvalue weighted by atomic mass is 19.1. The molecule has 0 spiro atoms. The molecule has 0 fully saturated rings. The van der Waals surface area contributed by atoms with Crippen LogP contribution in [0.1, 0.15) is 59.2 Å². The van der Waals surface area contributed by atoms with Crippen molar-refractivity contribution in [1.29, 1.82) is 0 Å². The van der Waals surface area contributed by atoms with Gasteiger partial charge in [0, 0.05) is 17.9 Å². The highest BCUT2D eigenvalue weighted by Crippen LogP contribution is 2.27. The Morgan fingerprint density at radius 1 is 1.00 bits per heavy atom. The molecule has 2 amide bonds. The molecule has 7 nitrogen and oxygen atoms in total. The van der Waals surface area contributed by atoms with Crippen LogP contribution < -0.4 is 15.5 Å². The fourth-order valence-corrected chi connectivity index (χ4v) is 5.31. The molecule has 2 bridgehead atoms. The number of halogens is 1. The van der Waals surface area contributed by atoms with Crippen molar-refractivity contribution >= 4 is 17.6 Å². The number of benzene rings is 3. The van der Waals surface area contributed by atoms with Gasteiger partial charge in [-0.2, -0.15) is 0 Å². The second kappa shape index (κ2) is 14.6. The lowest BCUT2D eigenvalue weighted by molar-refractivity contribution is -0.141. The number of carbonyl (C=O) groups excluding carboxylic acids is 3. The first-order valence-electron chi connectivity index (χ1n) is 14.2. The van der Waals surface area contributed by atoms with Crippen molar-refractivity contribution < 1.29 is 28.7 Å². The summed E-state index contributed by atoms with van der Waals surface area (Å²) < 4.78 is 19.4. The van der Waals surface area contributed by atoms with E-state index in [1.807, 2.05) is 55.5 Å². The van der Waals surface area contributed by atoms with Crippen molar-refractivity contribution in [2.75, 3.05) is 6.61 Å². The SMILES string of the molecule is Cc1ccc(CCCC2C(=O)N[C@H](C(=O)c3ccc(F)cc3)Cc3ccc(cc3)OCCCC[C@@H]2C(=O)NO)cc1. The standard InChI is InChI=1S/C33H37FN2O5/c1-22-8-10-23(11-9-22)5-4-7-28-29(33(39)36-40)6-2-3-20-41-27-18-12-24(13-19-27)21-30(35-32(28)38)31(37)25-14-16-26(34)17-15-25/h8-19,28-30,40H,2-7,20-21H2,1H3,(H,35,38)(H,36,39)/t28?,29-,30-/m0/s1. The number of hydroxylamine groups is 1. The molecule has 1 unspecified atom stereocenters. The average Bonchev–Trinajstić information content (AvgIpc) is 2.99. The molecule has 0 saturated carbocycles. The number of nitrogens with one attached hydrogen (secondary N) is 2. The van der Waals surface area contributed by atoms with E-state index >= 15 is 0 Å². The molecule has 3 N–H and O–H groups in total. The molecular weight excluding hydrogens is 523 g/mol. The van der Waals surface area contributed by atoms with E-state index in [1.54, 1.807) is 5.48 Å². The number of Topliss-reactive ketones (excluding diaryl/α,β-unsaturated/α-hetero) is 1. The lowest BCUT2D eigenvalue weighted by atomic mass is 9.82. The van der Waals surface area contributed by atoms with Crippen LogP contribution in [0, 0.1) is 24.6 Å². The Morgan fingerprint density at radius 2 is 1.71 bits per heavy atom. The molecular formula is C33H37FN2O5. The molecule has 2 aliphatic heterocycles. The number of carbonyl (C=O) groups is 3. The van der Waals surface area contributed by atoms with Crippen LogP contribution in [-0.2, 0) is 22.4 Å². The highest BCUT2D eigenvalue weighted by molar-refractivity contribution is 6.02. The summed E-state index contributed by atoms with van der Waals surface area (Å²) in [6, 6.07) is 19.8. The van der Waals surface area contributed by atoms with Crippen LogP contribution in [0.15, 0.2) is 72.8 Å². The lowest BCUT2D eigenvalue weighted by Gasteiger charge is -2.27. The van der Waals surface area contributed by atoms with Gasteiger partial charge in [0.2, 0.25) is 11.8 Å². The van der Waals surface area contributed by atoms with Crippen molar-refractivity contribution in [3.05, 3.63) is 101 Å². The van der Waals surface area contributed by atoms with E-state index in [4.69, 9.17) is 4.74 Å². The summed E-state index contributed by atoms with van der Waals surface area (Å²) in [4.78, 5) is 40.4. The fourth-order valence-electron chi connectivity index (χ4n) is 5.31. The molecule has 2 aliphatic rings. The van der Waals surface area contributed by atoms with Crippen LogP contribution in [0.25, 0.3) is 0 Å². The highest BCUT2D eigenvalue weighted by Gasteiger charge is 2.35. The summed E-state index contributed by atoms with van der Waals surface area (Å²) in [6.45, 7) is 2.47. The first-order chi connectivity index (χ1) is 19.8. The molecule has 5 rings (SSSR count). The fraction of sp³-hybridized carbons (Fsp3) is 0.364. The molecule has 2 heterocycles. The van der Waals surface area contributed by atoms with Gasteiger partial charge in [-0.15, -0.1) is 0 Å². The summed E-state index contributed by atoms with van der Waals surface area (Å²) in [6.07, 6.45) is 3.59. The Labute approximate surface area is 240 Å². The van der Waals surface area contributed by atoms with E-state index in [9.17, 15) is 24.0 Å². The second-order valence-corrected chi connectivity index (χ2v) is 10.7. The topological polar surface area (TPSA) is 105 Å². The molecule has 3 atom stereocenters. The first kappa shape index (κ1) is 29.9. The number of aryl methyl sites for hydroxylation is 2. The third-order valence-corrected chi connectivity index (χ3v) is 7.67. The van der Waals surface area contributed by atoms with Crippen molar-refractivity contribution in [2.45, 2.75) is 57.9 Å². The zero-order valence-electron chi connectivity index (χ0n) is 23.3. The number of amides is 2. The number of ether oxygens (including phenoxy) is 1. The van der Waals surface area contributed by atoms with Gasteiger partial charge in [-0.1, -0.05) is 42.0 Å². The van der Waals surface area contributed by atoms with Crippen LogP contribution >= 0.6 is 0 Å². The van der Waals surface area contributed by atoms with E-state index in [1.165, 1.54) is 24.3 Å². The van der Waals surface area contributed by atoms with Gasteiger partial charge in [0.05, 0.1) is 18.6 Å². The normalized spacial score (nSPS) is 19.8. The Morgan fingerprint density at radius 3 is 2.39 bits per heavy atom. The number of ketones is 1. The van der Waals surface area contributed by atoms with Gasteiger partial charge in [0.25, 0.3) is 0 Å². The van der Waals surface area contributed by atoms with Gasteiger partial charge in [-0.05, 0) is 93.0 Å². The van der Waals surface area contributed by atoms with Gasteiger partial charge in [0.1, 0.15) is 11.6 Å². The summed E-state index contributed by atoms with van der Waals surface area (Å²) in [7, 11) is 0. The Bertz CT molecular complexity index is 1310.